The van der Waals surface area contributed by atoms with Crippen LogP contribution in [0.4, 0.5) is 10.5 Å². The van der Waals surface area contributed by atoms with Crippen LogP contribution in [-0.4, -0.2) is 27.6 Å². The number of carbonyl (C=O) groups excluding carboxylic acids is 2. The van der Waals surface area contributed by atoms with Crippen molar-refractivity contribution in [1.82, 2.24) is 15.8 Å². The molecule has 1 saturated heterocycles. The zero-order valence-electron chi connectivity index (χ0n) is 14.7. The number of hydrogen-bond donors (Lipinski definition) is 3. The van der Waals surface area contributed by atoms with Gasteiger partial charge in [0.25, 0.3) is 5.91 Å². The minimum atomic E-state index is -0.990. The summed E-state index contributed by atoms with van der Waals surface area (Å²) in [5.41, 5.74) is 3.46. The van der Waals surface area contributed by atoms with E-state index in [4.69, 9.17) is 23.8 Å². The highest BCUT2D eigenvalue weighted by molar-refractivity contribution is 7.80. The number of hydrazine groups is 1. The van der Waals surface area contributed by atoms with Gasteiger partial charge in [-0.1, -0.05) is 41.9 Å². The van der Waals surface area contributed by atoms with Gasteiger partial charge in [0, 0.05) is 10.7 Å². The lowest BCUT2D eigenvalue weighted by atomic mass is 9.93. The van der Waals surface area contributed by atoms with Crippen molar-refractivity contribution in [3.8, 4) is 0 Å². The quantitative estimate of drug-likeness (QED) is 0.527. The van der Waals surface area contributed by atoms with Crippen molar-refractivity contribution < 1.29 is 9.59 Å². The Bertz CT molecular complexity index is 860. The molecule has 0 unspecified atom stereocenters. The summed E-state index contributed by atoms with van der Waals surface area (Å²) in [5, 5.41) is 7.30. The third kappa shape index (κ3) is 4.56. The average molecular weight is 403 g/mol. The van der Waals surface area contributed by atoms with Crippen molar-refractivity contribution in [2.75, 3.05) is 5.32 Å². The molecule has 2 aromatic rings. The molecular formula is C19H19ClN4O2S. The fourth-order valence-corrected chi connectivity index (χ4v) is 3.12. The van der Waals surface area contributed by atoms with E-state index >= 15 is 0 Å². The molecule has 2 aromatic carbocycles. The van der Waals surface area contributed by atoms with Crippen LogP contribution in [0.3, 0.4) is 0 Å². The fraction of sp³-hybridized carbons (Fsp3) is 0.211. The van der Waals surface area contributed by atoms with E-state index in [2.05, 4.69) is 16.1 Å². The van der Waals surface area contributed by atoms with Crippen molar-refractivity contribution in [3.05, 3.63) is 65.2 Å². The lowest BCUT2D eigenvalue weighted by molar-refractivity contribution is -0.132. The first kappa shape index (κ1) is 19.1. The highest BCUT2D eigenvalue weighted by atomic mass is 35.5. The SMILES string of the molecule is C[C@]1(CCc2ccccc2)NC(=O)N(NC(=S)Nc2ccc(Cl)cc2)C1=O. The number of anilines is 1. The number of amides is 3. The molecule has 0 bridgehead atoms. The summed E-state index contributed by atoms with van der Waals surface area (Å²) in [6, 6.07) is 16.2. The Labute approximate surface area is 167 Å². The monoisotopic (exact) mass is 402 g/mol. The van der Waals surface area contributed by atoms with E-state index in [-0.39, 0.29) is 11.0 Å². The second-order valence-electron chi connectivity index (χ2n) is 6.46. The van der Waals surface area contributed by atoms with Gasteiger partial charge in [-0.25, -0.2) is 4.79 Å². The molecule has 0 aliphatic carbocycles. The molecule has 27 heavy (non-hydrogen) atoms. The van der Waals surface area contributed by atoms with Crippen molar-refractivity contribution in [2.24, 2.45) is 0 Å². The van der Waals surface area contributed by atoms with Crippen LogP contribution in [0.5, 0.6) is 0 Å². The van der Waals surface area contributed by atoms with Crippen molar-refractivity contribution in [2.45, 2.75) is 25.3 Å². The molecule has 0 spiro atoms. The Morgan fingerprint density at radius 3 is 2.48 bits per heavy atom. The van der Waals surface area contributed by atoms with E-state index in [0.29, 0.717) is 23.6 Å². The van der Waals surface area contributed by atoms with Crippen molar-refractivity contribution in [3.63, 3.8) is 0 Å². The summed E-state index contributed by atoms with van der Waals surface area (Å²) in [6.07, 6.45) is 1.15. The molecular weight excluding hydrogens is 384 g/mol. The molecule has 3 N–H and O–H groups in total. The largest absolute Gasteiger partial charge is 0.344 e. The summed E-state index contributed by atoms with van der Waals surface area (Å²) < 4.78 is 0. The number of rotatable bonds is 5. The van der Waals surface area contributed by atoms with E-state index in [1.54, 1.807) is 31.2 Å². The summed E-state index contributed by atoms with van der Waals surface area (Å²) in [5.74, 6) is -0.372. The van der Waals surface area contributed by atoms with Crippen LogP contribution in [-0.2, 0) is 11.2 Å². The lowest BCUT2D eigenvalue weighted by Crippen LogP contribution is -2.50. The Kier molecular flexibility index (Phi) is 5.62. The first-order chi connectivity index (χ1) is 12.9. The molecule has 1 atom stereocenters. The molecule has 1 aliphatic rings. The average Bonchev–Trinajstić information content (AvgIpc) is 2.86. The van der Waals surface area contributed by atoms with Crippen molar-refractivity contribution in [1.29, 1.82) is 0 Å². The Morgan fingerprint density at radius 2 is 1.81 bits per heavy atom. The van der Waals surface area contributed by atoms with E-state index in [9.17, 15) is 9.59 Å². The van der Waals surface area contributed by atoms with E-state index in [1.807, 2.05) is 30.3 Å². The van der Waals surface area contributed by atoms with Gasteiger partial charge in [0.15, 0.2) is 5.11 Å². The van der Waals surface area contributed by atoms with Crippen LogP contribution in [0.2, 0.25) is 5.02 Å². The normalized spacial score (nSPS) is 19.0. The van der Waals surface area contributed by atoms with Crippen LogP contribution >= 0.6 is 23.8 Å². The summed E-state index contributed by atoms with van der Waals surface area (Å²) in [7, 11) is 0. The van der Waals surface area contributed by atoms with Crippen LogP contribution in [0.25, 0.3) is 0 Å². The number of imide groups is 1. The van der Waals surface area contributed by atoms with E-state index < -0.39 is 11.6 Å². The second-order valence-corrected chi connectivity index (χ2v) is 7.31. The molecule has 3 rings (SSSR count). The third-order valence-electron chi connectivity index (χ3n) is 4.33. The summed E-state index contributed by atoms with van der Waals surface area (Å²) in [4.78, 5) is 25.0. The predicted octanol–water partition coefficient (Wildman–Crippen LogP) is 3.48. The van der Waals surface area contributed by atoms with Gasteiger partial charge >= 0.3 is 6.03 Å². The number of thiocarbonyl (C=S) groups is 1. The zero-order valence-corrected chi connectivity index (χ0v) is 16.2. The van der Waals surface area contributed by atoms with Gasteiger partial charge in [-0.05, 0) is 61.8 Å². The molecule has 140 valence electrons. The first-order valence-electron chi connectivity index (χ1n) is 8.41. The third-order valence-corrected chi connectivity index (χ3v) is 4.78. The highest BCUT2D eigenvalue weighted by Crippen LogP contribution is 2.22. The number of benzene rings is 2. The number of halogens is 1. The molecule has 0 aromatic heterocycles. The van der Waals surface area contributed by atoms with E-state index in [0.717, 1.165) is 10.6 Å². The van der Waals surface area contributed by atoms with Gasteiger partial charge in [0.2, 0.25) is 0 Å². The Morgan fingerprint density at radius 1 is 1.15 bits per heavy atom. The maximum Gasteiger partial charge on any atom is 0.344 e. The van der Waals surface area contributed by atoms with Crippen LogP contribution in [0.15, 0.2) is 54.6 Å². The van der Waals surface area contributed by atoms with Crippen LogP contribution in [0.1, 0.15) is 18.9 Å². The lowest BCUT2D eigenvalue weighted by Gasteiger charge is -2.22. The van der Waals surface area contributed by atoms with E-state index in [1.165, 1.54) is 0 Å². The Hall–Kier alpha value is -2.64. The predicted molar refractivity (Wildman–Crippen MR) is 109 cm³/mol. The summed E-state index contributed by atoms with van der Waals surface area (Å²) in [6.45, 7) is 1.72. The summed E-state index contributed by atoms with van der Waals surface area (Å²) >= 11 is 11.0. The minimum absolute atomic E-state index is 0.133. The van der Waals surface area contributed by atoms with Gasteiger partial charge in [-0.2, -0.15) is 5.01 Å². The van der Waals surface area contributed by atoms with Crippen LogP contribution in [0, 0.1) is 0 Å². The van der Waals surface area contributed by atoms with Gasteiger partial charge < -0.3 is 10.6 Å². The molecule has 1 aliphatic heterocycles. The highest BCUT2D eigenvalue weighted by Gasteiger charge is 2.48. The van der Waals surface area contributed by atoms with Crippen molar-refractivity contribution >= 4 is 46.6 Å². The molecule has 0 saturated carbocycles. The van der Waals surface area contributed by atoms with Gasteiger partial charge in [-0.3, -0.25) is 10.2 Å². The number of nitrogens with one attached hydrogen (secondary N) is 3. The number of nitrogens with zero attached hydrogens (tertiary/aromatic N) is 1. The minimum Gasteiger partial charge on any atom is -0.331 e. The zero-order chi connectivity index (χ0) is 19.4. The second kappa shape index (κ2) is 7.94. The first-order valence-corrected chi connectivity index (χ1v) is 9.20. The number of carbonyl (C=O) groups is 2. The smallest absolute Gasteiger partial charge is 0.331 e. The van der Waals surface area contributed by atoms with Gasteiger partial charge in [0.1, 0.15) is 5.54 Å². The van der Waals surface area contributed by atoms with Gasteiger partial charge in [-0.15, -0.1) is 0 Å². The molecule has 3 amide bonds. The number of aryl methyl sites for hydroxylation is 1. The molecule has 8 heteroatoms. The standard InChI is InChI=1S/C19H19ClN4O2S/c1-19(12-11-13-5-3-2-4-6-13)16(25)24(18(26)22-19)23-17(27)21-15-9-7-14(20)8-10-15/h2-10H,11-12H2,1H3,(H,22,26)(H2,21,23,27)/t19-/m1/s1. The maximum atomic E-state index is 12.8. The maximum absolute atomic E-state index is 12.8. The Balaban J connectivity index is 1.61. The molecule has 1 heterocycles. The molecule has 1 fully saturated rings. The number of urea groups is 1. The fourth-order valence-electron chi connectivity index (χ4n) is 2.79. The molecule has 6 nitrogen and oxygen atoms in total. The van der Waals surface area contributed by atoms with Crippen LogP contribution < -0.4 is 16.1 Å². The topological polar surface area (TPSA) is 73.5 Å². The number of hydrogen-bond acceptors (Lipinski definition) is 3. The molecule has 0 radical (unpaired) electrons. The van der Waals surface area contributed by atoms with Gasteiger partial charge in [0.05, 0.1) is 0 Å².